The van der Waals surface area contributed by atoms with E-state index < -0.39 is 5.97 Å². The van der Waals surface area contributed by atoms with Gasteiger partial charge in [0, 0.05) is 42.1 Å². The van der Waals surface area contributed by atoms with Crippen LogP contribution in [0.4, 0.5) is 5.69 Å². The van der Waals surface area contributed by atoms with Gasteiger partial charge in [0.25, 0.3) is 0 Å². The Balaban J connectivity index is 2.00. The maximum Gasteiger partial charge on any atom is 0.335 e. The largest absolute Gasteiger partial charge is 0.478 e. The van der Waals surface area contributed by atoms with E-state index in [0.29, 0.717) is 0 Å². The van der Waals surface area contributed by atoms with Crippen LogP contribution in [0.5, 0.6) is 0 Å². The van der Waals surface area contributed by atoms with Gasteiger partial charge >= 0.3 is 5.97 Å². The molecule has 1 aromatic carbocycles. The Bertz CT molecular complexity index is 595. The van der Waals surface area contributed by atoms with Crippen LogP contribution in [0.25, 0.3) is 0 Å². The van der Waals surface area contributed by atoms with E-state index in [1.54, 1.807) is 18.3 Å². The maximum absolute atomic E-state index is 11.0. The quantitative estimate of drug-likeness (QED) is 0.887. The molecule has 0 bridgehead atoms. The molecule has 5 nitrogen and oxygen atoms in total. The lowest BCUT2D eigenvalue weighted by Gasteiger charge is -2.08. The molecule has 100 valence electrons. The summed E-state index contributed by atoms with van der Waals surface area (Å²) in [5.41, 5.74) is 2.17. The standard InChI is InChI=1S/C13H14BrN3O2/c1-17-12(3-5-16-17)2-4-15-11-7-9(13(18)19)6-10(14)8-11/h3,5-8,15H,2,4H2,1H3,(H,18,19). The van der Waals surface area contributed by atoms with E-state index in [1.807, 2.05) is 23.9 Å². The maximum atomic E-state index is 11.0. The second kappa shape index (κ2) is 5.88. The number of carbonyl (C=O) groups is 1. The van der Waals surface area contributed by atoms with E-state index in [4.69, 9.17) is 5.11 Å². The predicted octanol–water partition coefficient (Wildman–Crippen LogP) is 2.54. The van der Waals surface area contributed by atoms with Crippen LogP contribution in [-0.4, -0.2) is 27.4 Å². The van der Waals surface area contributed by atoms with Gasteiger partial charge in [-0.3, -0.25) is 4.68 Å². The monoisotopic (exact) mass is 323 g/mol. The third-order valence-electron chi connectivity index (χ3n) is 2.78. The molecule has 2 rings (SSSR count). The van der Waals surface area contributed by atoms with Crippen molar-refractivity contribution in [3.05, 3.63) is 46.2 Å². The van der Waals surface area contributed by atoms with Gasteiger partial charge in [-0.25, -0.2) is 4.79 Å². The number of rotatable bonds is 5. The van der Waals surface area contributed by atoms with Crippen LogP contribution in [0.1, 0.15) is 16.1 Å². The molecule has 2 N–H and O–H groups in total. The fraction of sp³-hybridized carbons (Fsp3) is 0.231. The number of aryl methyl sites for hydroxylation is 1. The van der Waals surface area contributed by atoms with Crippen molar-refractivity contribution in [2.45, 2.75) is 6.42 Å². The first-order valence-corrected chi connectivity index (χ1v) is 6.60. The predicted molar refractivity (Wildman–Crippen MR) is 76.5 cm³/mol. The Morgan fingerprint density at radius 3 is 2.89 bits per heavy atom. The lowest BCUT2D eigenvalue weighted by Crippen LogP contribution is -2.09. The normalized spacial score (nSPS) is 10.4. The van der Waals surface area contributed by atoms with Crippen molar-refractivity contribution in [3.8, 4) is 0 Å². The number of anilines is 1. The van der Waals surface area contributed by atoms with Crippen molar-refractivity contribution in [1.29, 1.82) is 0 Å². The Labute approximate surface area is 119 Å². The topological polar surface area (TPSA) is 67.2 Å². The highest BCUT2D eigenvalue weighted by Gasteiger charge is 2.06. The lowest BCUT2D eigenvalue weighted by atomic mass is 10.2. The van der Waals surface area contributed by atoms with E-state index in [0.717, 1.165) is 28.8 Å². The number of nitrogens with one attached hydrogen (secondary N) is 1. The average Bonchev–Trinajstić information content (AvgIpc) is 2.74. The van der Waals surface area contributed by atoms with Gasteiger partial charge in [-0.05, 0) is 24.3 Å². The number of carboxylic acids is 1. The highest BCUT2D eigenvalue weighted by atomic mass is 79.9. The summed E-state index contributed by atoms with van der Waals surface area (Å²) in [6.07, 6.45) is 2.59. The number of aromatic carboxylic acids is 1. The fourth-order valence-electron chi connectivity index (χ4n) is 1.80. The van der Waals surface area contributed by atoms with E-state index in [1.165, 1.54) is 0 Å². The van der Waals surface area contributed by atoms with Crippen molar-refractivity contribution in [3.63, 3.8) is 0 Å². The number of hydrogen-bond donors (Lipinski definition) is 2. The molecule has 0 fully saturated rings. The number of hydrogen-bond acceptors (Lipinski definition) is 3. The number of benzene rings is 1. The molecule has 0 radical (unpaired) electrons. The van der Waals surface area contributed by atoms with Gasteiger partial charge in [0.2, 0.25) is 0 Å². The third-order valence-corrected chi connectivity index (χ3v) is 3.24. The molecular weight excluding hydrogens is 310 g/mol. The highest BCUT2D eigenvalue weighted by molar-refractivity contribution is 9.10. The number of aromatic nitrogens is 2. The molecule has 0 unspecified atom stereocenters. The molecule has 0 aliphatic heterocycles. The molecule has 0 atom stereocenters. The molecule has 1 aromatic heterocycles. The molecule has 0 amide bonds. The molecule has 6 heteroatoms. The summed E-state index contributed by atoms with van der Waals surface area (Å²) in [7, 11) is 1.90. The molecule has 0 aliphatic rings. The van der Waals surface area contributed by atoms with E-state index >= 15 is 0 Å². The number of carboxylic acid groups (broad SMARTS) is 1. The van der Waals surface area contributed by atoms with Crippen LogP contribution in [0.15, 0.2) is 34.9 Å². The molecule has 0 saturated carbocycles. The van der Waals surface area contributed by atoms with Crippen LogP contribution in [0.3, 0.4) is 0 Å². The summed E-state index contributed by atoms with van der Waals surface area (Å²) in [4.78, 5) is 11.0. The SMILES string of the molecule is Cn1nccc1CCNc1cc(Br)cc(C(=O)O)c1. The Morgan fingerprint density at radius 1 is 1.47 bits per heavy atom. The highest BCUT2D eigenvalue weighted by Crippen LogP contribution is 2.19. The zero-order valence-electron chi connectivity index (χ0n) is 10.4. The molecule has 1 heterocycles. The van der Waals surface area contributed by atoms with Crippen LogP contribution in [0, 0.1) is 0 Å². The molecule has 19 heavy (non-hydrogen) atoms. The molecule has 0 aliphatic carbocycles. The smallest absolute Gasteiger partial charge is 0.335 e. The Morgan fingerprint density at radius 2 is 2.26 bits per heavy atom. The third kappa shape index (κ3) is 3.57. The van der Waals surface area contributed by atoms with Crippen molar-refractivity contribution in [1.82, 2.24) is 9.78 Å². The van der Waals surface area contributed by atoms with Gasteiger partial charge in [0.15, 0.2) is 0 Å². The summed E-state index contributed by atoms with van der Waals surface area (Å²) < 4.78 is 2.57. The van der Waals surface area contributed by atoms with Crippen LogP contribution in [-0.2, 0) is 13.5 Å². The van der Waals surface area contributed by atoms with E-state index in [2.05, 4.69) is 26.3 Å². The van der Waals surface area contributed by atoms with Gasteiger partial charge < -0.3 is 10.4 Å². The van der Waals surface area contributed by atoms with Crippen molar-refractivity contribution in [2.24, 2.45) is 7.05 Å². The molecular formula is C13H14BrN3O2. The Hall–Kier alpha value is -1.82. The minimum Gasteiger partial charge on any atom is -0.478 e. The van der Waals surface area contributed by atoms with E-state index in [9.17, 15) is 4.79 Å². The summed E-state index contributed by atoms with van der Waals surface area (Å²) in [6.45, 7) is 0.717. The average molecular weight is 324 g/mol. The van der Waals surface area contributed by atoms with Gasteiger partial charge in [-0.15, -0.1) is 0 Å². The second-order valence-corrected chi connectivity index (χ2v) is 5.07. The minimum atomic E-state index is -0.934. The number of halogens is 1. The minimum absolute atomic E-state index is 0.261. The summed E-state index contributed by atoms with van der Waals surface area (Å²) in [6, 6.07) is 7.02. The van der Waals surface area contributed by atoms with Gasteiger partial charge in [-0.2, -0.15) is 5.10 Å². The molecule has 0 saturated heterocycles. The van der Waals surface area contributed by atoms with Crippen LogP contribution < -0.4 is 5.32 Å². The molecule has 2 aromatic rings. The summed E-state index contributed by atoms with van der Waals surface area (Å²) in [5, 5.41) is 16.3. The van der Waals surface area contributed by atoms with Crippen molar-refractivity contribution >= 4 is 27.6 Å². The van der Waals surface area contributed by atoms with Gasteiger partial charge in [0.1, 0.15) is 0 Å². The zero-order chi connectivity index (χ0) is 13.8. The molecule has 0 spiro atoms. The Kier molecular flexibility index (Phi) is 4.21. The van der Waals surface area contributed by atoms with Crippen LogP contribution in [0.2, 0.25) is 0 Å². The van der Waals surface area contributed by atoms with Crippen molar-refractivity contribution in [2.75, 3.05) is 11.9 Å². The van der Waals surface area contributed by atoms with Gasteiger partial charge in [0.05, 0.1) is 5.56 Å². The fourth-order valence-corrected chi connectivity index (χ4v) is 2.29. The zero-order valence-corrected chi connectivity index (χ0v) is 12.0. The van der Waals surface area contributed by atoms with Gasteiger partial charge in [-0.1, -0.05) is 15.9 Å². The number of nitrogens with zero attached hydrogens (tertiary/aromatic N) is 2. The van der Waals surface area contributed by atoms with Crippen molar-refractivity contribution < 1.29 is 9.90 Å². The first kappa shape index (κ1) is 13.6. The lowest BCUT2D eigenvalue weighted by molar-refractivity contribution is 0.0697. The van der Waals surface area contributed by atoms with Crippen LogP contribution >= 0.6 is 15.9 Å². The van der Waals surface area contributed by atoms with E-state index in [-0.39, 0.29) is 5.56 Å². The second-order valence-electron chi connectivity index (χ2n) is 4.16. The summed E-state index contributed by atoms with van der Waals surface area (Å²) in [5.74, 6) is -0.934. The first-order valence-electron chi connectivity index (χ1n) is 5.81. The summed E-state index contributed by atoms with van der Waals surface area (Å²) >= 11 is 3.31. The first-order chi connectivity index (χ1) is 9.06.